The van der Waals surface area contributed by atoms with E-state index in [-0.39, 0.29) is 24.8 Å². The average molecular weight is 401 g/mol. The Morgan fingerprint density at radius 1 is 1.17 bits per heavy atom. The highest BCUT2D eigenvalue weighted by atomic mass is 19.4. The van der Waals surface area contributed by atoms with Crippen molar-refractivity contribution in [1.29, 1.82) is 0 Å². The van der Waals surface area contributed by atoms with Crippen molar-refractivity contribution in [2.75, 3.05) is 6.54 Å². The second-order valence-corrected chi connectivity index (χ2v) is 7.14. The first kappa shape index (κ1) is 19.2. The second kappa shape index (κ2) is 7.35. The van der Waals surface area contributed by atoms with Crippen LogP contribution in [0.3, 0.4) is 0 Å². The van der Waals surface area contributed by atoms with Crippen molar-refractivity contribution < 1.29 is 22.5 Å². The number of benzene rings is 2. The lowest BCUT2D eigenvalue weighted by Gasteiger charge is -2.17. The van der Waals surface area contributed by atoms with Crippen molar-refractivity contribution in [2.45, 2.75) is 32.0 Å². The maximum atomic E-state index is 12.9. The van der Waals surface area contributed by atoms with Crippen molar-refractivity contribution in [3.05, 3.63) is 71.1 Å². The van der Waals surface area contributed by atoms with Gasteiger partial charge < -0.3 is 9.42 Å². The van der Waals surface area contributed by atoms with Gasteiger partial charge in [-0.2, -0.15) is 18.2 Å². The Kier molecular flexibility index (Phi) is 4.86. The van der Waals surface area contributed by atoms with Gasteiger partial charge in [-0.1, -0.05) is 41.6 Å². The Balaban J connectivity index is 1.48. The number of hydrogen-bond donors (Lipinski definition) is 0. The summed E-state index contributed by atoms with van der Waals surface area (Å²) in [6, 6.07) is 12.7. The number of aryl methyl sites for hydroxylation is 1. The molecule has 1 fully saturated rings. The van der Waals surface area contributed by atoms with Crippen LogP contribution in [0.1, 0.15) is 34.9 Å². The molecule has 150 valence electrons. The van der Waals surface area contributed by atoms with E-state index in [1.807, 2.05) is 31.2 Å². The van der Waals surface area contributed by atoms with Crippen LogP contribution in [-0.2, 0) is 17.5 Å². The number of likely N-dealkylation sites (tertiary alicyclic amines) is 1. The molecule has 8 heteroatoms. The van der Waals surface area contributed by atoms with E-state index in [1.54, 1.807) is 6.07 Å². The molecular formula is C21H18F3N3O2. The average Bonchev–Trinajstić information content (AvgIpc) is 3.29. The van der Waals surface area contributed by atoms with E-state index in [1.165, 1.54) is 11.0 Å². The monoisotopic (exact) mass is 401 g/mol. The highest BCUT2D eigenvalue weighted by Gasteiger charge is 2.35. The van der Waals surface area contributed by atoms with Gasteiger partial charge in [0.2, 0.25) is 17.6 Å². The van der Waals surface area contributed by atoms with Gasteiger partial charge in [-0.15, -0.1) is 0 Å². The van der Waals surface area contributed by atoms with E-state index in [4.69, 9.17) is 4.52 Å². The number of carbonyl (C=O) groups is 1. The summed E-state index contributed by atoms with van der Waals surface area (Å²) < 4.78 is 44.1. The molecule has 2 heterocycles. The van der Waals surface area contributed by atoms with E-state index in [9.17, 15) is 18.0 Å². The zero-order valence-electron chi connectivity index (χ0n) is 15.6. The summed E-state index contributed by atoms with van der Waals surface area (Å²) in [4.78, 5) is 18.4. The van der Waals surface area contributed by atoms with Crippen LogP contribution in [0.15, 0.2) is 53.1 Å². The van der Waals surface area contributed by atoms with Crippen molar-refractivity contribution in [3.63, 3.8) is 0 Å². The minimum atomic E-state index is -4.41. The number of carbonyl (C=O) groups excluding carboxylic acids is 1. The van der Waals surface area contributed by atoms with Crippen LogP contribution >= 0.6 is 0 Å². The van der Waals surface area contributed by atoms with Crippen molar-refractivity contribution >= 4 is 5.91 Å². The smallest absolute Gasteiger partial charge is 0.339 e. The van der Waals surface area contributed by atoms with E-state index in [0.29, 0.717) is 23.8 Å². The van der Waals surface area contributed by atoms with Gasteiger partial charge in [0, 0.05) is 25.1 Å². The Morgan fingerprint density at radius 2 is 1.97 bits per heavy atom. The molecule has 1 unspecified atom stereocenters. The van der Waals surface area contributed by atoms with Gasteiger partial charge in [-0.3, -0.25) is 4.79 Å². The lowest BCUT2D eigenvalue weighted by molar-refractivity contribution is -0.137. The Morgan fingerprint density at radius 3 is 2.72 bits per heavy atom. The molecule has 0 radical (unpaired) electrons. The minimum absolute atomic E-state index is 0.109. The summed E-state index contributed by atoms with van der Waals surface area (Å²) in [7, 11) is 0. The fraction of sp³-hybridized carbons (Fsp3) is 0.286. The molecule has 4 rings (SSSR count). The van der Waals surface area contributed by atoms with Crippen LogP contribution in [0.4, 0.5) is 13.2 Å². The molecule has 1 aliphatic heterocycles. The van der Waals surface area contributed by atoms with Gasteiger partial charge >= 0.3 is 6.18 Å². The molecule has 1 saturated heterocycles. The summed E-state index contributed by atoms with van der Waals surface area (Å²) in [5.41, 5.74) is 1.57. The SMILES string of the molecule is Cc1ccccc1-c1noc(C2CC(=O)N(Cc3cccc(C(F)(F)F)c3)C2)n1. The number of halogens is 3. The molecule has 1 amide bonds. The fourth-order valence-electron chi connectivity index (χ4n) is 3.49. The molecule has 0 N–H and O–H groups in total. The first-order valence-electron chi connectivity index (χ1n) is 9.15. The van der Waals surface area contributed by atoms with E-state index in [0.717, 1.165) is 23.3 Å². The largest absolute Gasteiger partial charge is 0.416 e. The molecule has 2 aromatic carbocycles. The molecule has 0 aliphatic carbocycles. The molecule has 0 saturated carbocycles. The minimum Gasteiger partial charge on any atom is -0.339 e. The molecule has 0 spiro atoms. The fourth-order valence-corrected chi connectivity index (χ4v) is 3.49. The van der Waals surface area contributed by atoms with Gasteiger partial charge in [0.05, 0.1) is 11.5 Å². The van der Waals surface area contributed by atoms with Gasteiger partial charge in [0.1, 0.15) is 0 Å². The van der Waals surface area contributed by atoms with Gasteiger partial charge in [0.25, 0.3) is 0 Å². The quantitative estimate of drug-likeness (QED) is 0.642. The van der Waals surface area contributed by atoms with Crippen molar-refractivity contribution in [1.82, 2.24) is 15.0 Å². The van der Waals surface area contributed by atoms with E-state index >= 15 is 0 Å². The van der Waals surface area contributed by atoms with Gasteiger partial charge in [-0.25, -0.2) is 0 Å². The molecular weight excluding hydrogens is 383 g/mol. The molecule has 1 aliphatic rings. The first-order valence-corrected chi connectivity index (χ1v) is 9.15. The maximum Gasteiger partial charge on any atom is 0.416 e. The number of rotatable bonds is 4. The first-order chi connectivity index (χ1) is 13.8. The Hall–Kier alpha value is -3.16. The van der Waals surface area contributed by atoms with Crippen molar-refractivity contribution in [2.24, 2.45) is 0 Å². The van der Waals surface area contributed by atoms with E-state index in [2.05, 4.69) is 10.1 Å². The number of alkyl halides is 3. The number of hydrogen-bond acceptors (Lipinski definition) is 4. The van der Waals surface area contributed by atoms with Crippen LogP contribution in [-0.4, -0.2) is 27.5 Å². The highest BCUT2D eigenvalue weighted by molar-refractivity contribution is 5.79. The predicted octanol–water partition coefficient (Wildman–Crippen LogP) is 4.58. The Bertz CT molecular complexity index is 1050. The van der Waals surface area contributed by atoms with Crippen LogP contribution in [0, 0.1) is 6.92 Å². The third kappa shape index (κ3) is 4.01. The molecule has 1 aromatic heterocycles. The Labute approximate surface area is 165 Å². The standard InChI is InChI=1S/C21H18F3N3O2/c1-13-5-2-3-8-17(13)19-25-20(29-26-19)15-10-18(28)27(12-15)11-14-6-4-7-16(9-14)21(22,23)24/h2-9,15H,10-12H2,1H3. The summed E-state index contributed by atoms with van der Waals surface area (Å²) in [5.74, 6) is 0.395. The predicted molar refractivity (Wildman–Crippen MR) is 98.7 cm³/mol. The highest BCUT2D eigenvalue weighted by Crippen LogP contribution is 2.32. The molecule has 5 nitrogen and oxygen atoms in total. The zero-order chi connectivity index (χ0) is 20.6. The van der Waals surface area contributed by atoms with Crippen LogP contribution in [0.25, 0.3) is 11.4 Å². The molecule has 29 heavy (non-hydrogen) atoms. The normalized spacial score (nSPS) is 17.2. The van der Waals surface area contributed by atoms with Gasteiger partial charge in [0.15, 0.2) is 0 Å². The van der Waals surface area contributed by atoms with Crippen LogP contribution < -0.4 is 0 Å². The maximum absolute atomic E-state index is 12.9. The lowest BCUT2D eigenvalue weighted by Crippen LogP contribution is -2.24. The topological polar surface area (TPSA) is 59.2 Å². The summed E-state index contributed by atoms with van der Waals surface area (Å²) >= 11 is 0. The van der Waals surface area contributed by atoms with Crippen LogP contribution in [0.2, 0.25) is 0 Å². The van der Waals surface area contributed by atoms with E-state index < -0.39 is 11.7 Å². The number of aromatic nitrogens is 2. The van der Waals surface area contributed by atoms with Gasteiger partial charge in [-0.05, 0) is 30.2 Å². The molecule has 3 aromatic rings. The molecule has 1 atom stereocenters. The third-order valence-corrected chi connectivity index (χ3v) is 5.02. The molecule has 0 bridgehead atoms. The summed E-state index contributed by atoms with van der Waals surface area (Å²) in [5, 5.41) is 4.02. The number of nitrogens with zero attached hydrogens (tertiary/aromatic N) is 3. The number of amides is 1. The summed E-state index contributed by atoms with van der Waals surface area (Å²) in [6.45, 7) is 2.38. The van der Waals surface area contributed by atoms with Crippen molar-refractivity contribution in [3.8, 4) is 11.4 Å². The third-order valence-electron chi connectivity index (χ3n) is 5.02. The zero-order valence-corrected chi connectivity index (χ0v) is 15.6. The second-order valence-electron chi connectivity index (χ2n) is 7.14. The lowest BCUT2D eigenvalue weighted by atomic mass is 10.1. The van der Waals surface area contributed by atoms with Crippen LogP contribution in [0.5, 0.6) is 0 Å². The summed E-state index contributed by atoms with van der Waals surface area (Å²) in [6.07, 6.45) is -4.22.